The topological polar surface area (TPSA) is 63.8 Å². The van der Waals surface area contributed by atoms with Crippen molar-refractivity contribution >= 4 is 5.82 Å². The molecule has 4 nitrogen and oxygen atoms in total. The number of nitrogens with one attached hydrogen (secondary N) is 1. The molecule has 0 saturated carbocycles. The molecule has 0 spiro atoms. The van der Waals surface area contributed by atoms with Crippen molar-refractivity contribution in [2.75, 3.05) is 18.4 Å². The summed E-state index contributed by atoms with van der Waals surface area (Å²) < 4.78 is 0. The number of rotatable bonds is 4. The molecule has 1 rings (SSSR count). The van der Waals surface area contributed by atoms with E-state index in [0.717, 1.165) is 24.5 Å². The maximum atomic E-state index is 5.40. The van der Waals surface area contributed by atoms with Gasteiger partial charge in [0.15, 0.2) is 0 Å². The summed E-state index contributed by atoms with van der Waals surface area (Å²) in [5.41, 5.74) is 6.46. The Morgan fingerprint density at radius 2 is 2.00 bits per heavy atom. The Labute approximate surface area is 91.3 Å². The van der Waals surface area contributed by atoms with Crippen molar-refractivity contribution in [1.29, 1.82) is 0 Å². The van der Waals surface area contributed by atoms with Crippen LogP contribution in [-0.2, 0) is 5.41 Å². The van der Waals surface area contributed by atoms with Crippen molar-refractivity contribution < 1.29 is 0 Å². The van der Waals surface area contributed by atoms with E-state index in [4.69, 9.17) is 5.73 Å². The molecule has 0 amide bonds. The van der Waals surface area contributed by atoms with Gasteiger partial charge in [0.05, 0.1) is 5.69 Å². The van der Waals surface area contributed by atoms with Crippen LogP contribution in [-0.4, -0.2) is 23.3 Å². The van der Waals surface area contributed by atoms with Crippen molar-refractivity contribution in [1.82, 2.24) is 10.2 Å². The van der Waals surface area contributed by atoms with Crippen LogP contribution in [0.15, 0.2) is 12.1 Å². The van der Waals surface area contributed by atoms with E-state index >= 15 is 0 Å². The summed E-state index contributed by atoms with van der Waals surface area (Å²) in [7, 11) is 0. The first-order chi connectivity index (χ1) is 7.04. The third kappa shape index (κ3) is 3.83. The summed E-state index contributed by atoms with van der Waals surface area (Å²) in [6.07, 6.45) is 0.947. The molecule has 0 aliphatic rings. The van der Waals surface area contributed by atoms with Gasteiger partial charge in [0, 0.05) is 12.0 Å². The van der Waals surface area contributed by atoms with Crippen LogP contribution in [0.5, 0.6) is 0 Å². The average molecular weight is 208 g/mol. The van der Waals surface area contributed by atoms with Crippen LogP contribution in [0.2, 0.25) is 0 Å². The van der Waals surface area contributed by atoms with Gasteiger partial charge in [0.2, 0.25) is 0 Å². The number of nitrogens with zero attached hydrogens (tertiary/aromatic N) is 2. The predicted molar refractivity (Wildman–Crippen MR) is 62.9 cm³/mol. The van der Waals surface area contributed by atoms with Crippen molar-refractivity contribution in [3.05, 3.63) is 17.8 Å². The van der Waals surface area contributed by atoms with E-state index in [0.29, 0.717) is 6.54 Å². The van der Waals surface area contributed by atoms with E-state index in [1.165, 1.54) is 0 Å². The van der Waals surface area contributed by atoms with E-state index in [1.54, 1.807) is 0 Å². The van der Waals surface area contributed by atoms with E-state index in [9.17, 15) is 0 Å². The van der Waals surface area contributed by atoms with E-state index < -0.39 is 0 Å². The highest BCUT2D eigenvalue weighted by Gasteiger charge is 2.15. The van der Waals surface area contributed by atoms with Crippen LogP contribution in [0.3, 0.4) is 0 Å². The standard InChI is InChI=1S/C11H20N4/c1-11(2,3)9-5-6-10(15-14-9)13-8-4-7-12/h5-6H,4,7-8,12H2,1-3H3,(H,13,15). The maximum absolute atomic E-state index is 5.40. The number of aromatic nitrogens is 2. The van der Waals surface area contributed by atoms with Gasteiger partial charge in [-0.2, -0.15) is 5.10 Å². The van der Waals surface area contributed by atoms with Crippen molar-refractivity contribution in [3.8, 4) is 0 Å². The quantitative estimate of drug-likeness (QED) is 0.737. The zero-order valence-corrected chi connectivity index (χ0v) is 9.75. The summed E-state index contributed by atoms with van der Waals surface area (Å²) in [4.78, 5) is 0. The molecule has 0 aromatic carbocycles. The fourth-order valence-electron chi connectivity index (χ4n) is 1.15. The molecule has 0 aliphatic heterocycles. The lowest BCUT2D eigenvalue weighted by molar-refractivity contribution is 0.559. The Hall–Kier alpha value is -1.16. The minimum atomic E-state index is 0.0583. The fraction of sp³-hybridized carbons (Fsp3) is 0.636. The smallest absolute Gasteiger partial charge is 0.148 e. The first-order valence-electron chi connectivity index (χ1n) is 5.32. The second-order valence-corrected chi connectivity index (χ2v) is 4.62. The molecular formula is C11H20N4. The zero-order valence-electron chi connectivity index (χ0n) is 9.75. The van der Waals surface area contributed by atoms with Crippen molar-refractivity contribution in [2.45, 2.75) is 32.6 Å². The van der Waals surface area contributed by atoms with E-state index in [-0.39, 0.29) is 5.41 Å². The summed E-state index contributed by atoms with van der Waals surface area (Å²) in [6, 6.07) is 3.97. The number of anilines is 1. The van der Waals surface area contributed by atoms with Crippen molar-refractivity contribution in [2.24, 2.45) is 5.73 Å². The lowest BCUT2D eigenvalue weighted by Crippen LogP contribution is -2.15. The molecule has 0 radical (unpaired) electrons. The molecule has 84 valence electrons. The monoisotopic (exact) mass is 208 g/mol. The Morgan fingerprint density at radius 1 is 1.27 bits per heavy atom. The third-order valence-electron chi connectivity index (χ3n) is 2.12. The molecule has 1 aromatic heterocycles. The zero-order chi connectivity index (χ0) is 11.3. The molecule has 4 heteroatoms. The molecule has 0 bridgehead atoms. The highest BCUT2D eigenvalue weighted by molar-refractivity contribution is 5.33. The molecule has 0 unspecified atom stereocenters. The summed E-state index contributed by atoms with van der Waals surface area (Å²) in [5.74, 6) is 0.816. The van der Waals surface area contributed by atoms with Crippen LogP contribution in [0.1, 0.15) is 32.9 Å². The Bertz CT molecular complexity index is 286. The van der Waals surface area contributed by atoms with Crippen LogP contribution < -0.4 is 11.1 Å². The van der Waals surface area contributed by atoms with Crippen LogP contribution in [0.4, 0.5) is 5.82 Å². The lowest BCUT2D eigenvalue weighted by atomic mass is 9.92. The Morgan fingerprint density at radius 3 is 2.47 bits per heavy atom. The normalized spacial score (nSPS) is 11.5. The second kappa shape index (κ2) is 5.07. The molecular weight excluding hydrogens is 188 g/mol. The van der Waals surface area contributed by atoms with Gasteiger partial charge < -0.3 is 11.1 Å². The number of hydrogen-bond donors (Lipinski definition) is 2. The van der Waals surface area contributed by atoms with Gasteiger partial charge >= 0.3 is 0 Å². The minimum absolute atomic E-state index is 0.0583. The molecule has 1 heterocycles. The first kappa shape index (κ1) is 11.9. The Kier molecular flexibility index (Phi) is 4.03. The van der Waals surface area contributed by atoms with Gasteiger partial charge in [-0.15, -0.1) is 5.10 Å². The van der Waals surface area contributed by atoms with Gasteiger partial charge in [-0.05, 0) is 25.1 Å². The number of nitrogens with two attached hydrogens (primary N) is 1. The van der Waals surface area contributed by atoms with E-state index in [1.807, 2.05) is 12.1 Å². The van der Waals surface area contributed by atoms with Crippen LogP contribution in [0.25, 0.3) is 0 Å². The lowest BCUT2D eigenvalue weighted by Gasteiger charge is -2.16. The first-order valence-corrected chi connectivity index (χ1v) is 5.32. The minimum Gasteiger partial charge on any atom is -0.369 e. The summed E-state index contributed by atoms with van der Waals surface area (Å²) in [5, 5.41) is 11.5. The molecule has 15 heavy (non-hydrogen) atoms. The van der Waals surface area contributed by atoms with Crippen molar-refractivity contribution in [3.63, 3.8) is 0 Å². The largest absolute Gasteiger partial charge is 0.369 e. The predicted octanol–water partition coefficient (Wildman–Crippen LogP) is 1.53. The van der Waals surface area contributed by atoms with E-state index in [2.05, 4.69) is 36.3 Å². The molecule has 0 atom stereocenters. The summed E-state index contributed by atoms with van der Waals surface area (Å²) in [6.45, 7) is 7.91. The molecule has 3 N–H and O–H groups in total. The van der Waals surface area contributed by atoms with Gasteiger partial charge in [0.1, 0.15) is 5.82 Å². The molecule has 0 fully saturated rings. The summed E-state index contributed by atoms with van der Waals surface area (Å²) >= 11 is 0. The molecule has 0 saturated heterocycles. The maximum Gasteiger partial charge on any atom is 0.148 e. The molecule has 0 aliphatic carbocycles. The average Bonchev–Trinajstić information content (AvgIpc) is 2.18. The highest BCUT2D eigenvalue weighted by Crippen LogP contribution is 2.19. The highest BCUT2D eigenvalue weighted by atomic mass is 15.2. The van der Waals surface area contributed by atoms with Crippen LogP contribution >= 0.6 is 0 Å². The third-order valence-corrected chi connectivity index (χ3v) is 2.12. The van der Waals surface area contributed by atoms with Gasteiger partial charge in [-0.25, -0.2) is 0 Å². The van der Waals surface area contributed by atoms with Gasteiger partial charge in [-0.1, -0.05) is 20.8 Å². The van der Waals surface area contributed by atoms with Gasteiger partial charge in [-0.3, -0.25) is 0 Å². The van der Waals surface area contributed by atoms with Gasteiger partial charge in [0.25, 0.3) is 0 Å². The second-order valence-electron chi connectivity index (χ2n) is 4.62. The fourth-order valence-corrected chi connectivity index (χ4v) is 1.15. The SMILES string of the molecule is CC(C)(C)c1ccc(NCCCN)nn1. The number of hydrogen-bond acceptors (Lipinski definition) is 4. The Balaban J connectivity index is 2.57. The molecule has 1 aromatic rings. The van der Waals surface area contributed by atoms with Crippen LogP contribution in [0, 0.1) is 0 Å².